The van der Waals surface area contributed by atoms with Crippen molar-refractivity contribution in [2.24, 2.45) is 25.7 Å². The Labute approximate surface area is 158 Å². The van der Waals surface area contributed by atoms with Gasteiger partial charge in [0.25, 0.3) is 11.5 Å². The largest absolute Gasteiger partial charge is 0.452 e. The summed E-state index contributed by atoms with van der Waals surface area (Å²) < 4.78 is 8.76. The first-order valence-electron chi connectivity index (χ1n) is 8.45. The van der Waals surface area contributed by atoms with E-state index >= 15 is 0 Å². The molecule has 28 heavy (non-hydrogen) atoms. The Morgan fingerprint density at radius 3 is 2.43 bits per heavy atom. The van der Waals surface area contributed by atoms with Crippen LogP contribution in [0.2, 0.25) is 0 Å². The summed E-state index contributed by atoms with van der Waals surface area (Å²) in [6, 6.07) is -1.04. The van der Waals surface area contributed by atoms with Crippen LogP contribution in [0.25, 0.3) is 11.2 Å². The Hall–Kier alpha value is -3.44. The van der Waals surface area contributed by atoms with E-state index in [1.807, 2.05) is 5.32 Å². The molecule has 0 aliphatic rings. The maximum atomic E-state index is 12.4. The number of nitrogens with zero attached hydrogens (tertiary/aromatic N) is 4. The molecule has 2 heterocycles. The number of aromatic nitrogens is 4. The summed E-state index contributed by atoms with van der Waals surface area (Å²) in [4.78, 5) is 63.2. The van der Waals surface area contributed by atoms with Crippen molar-refractivity contribution >= 4 is 29.1 Å². The second-order valence-electron chi connectivity index (χ2n) is 6.57. The summed E-state index contributed by atoms with van der Waals surface area (Å²) in [5.41, 5.74) is 4.23. The Morgan fingerprint density at radius 2 is 1.86 bits per heavy atom. The van der Waals surface area contributed by atoms with E-state index in [4.69, 9.17) is 10.5 Å². The minimum atomic E-state index is -1.19. The van der Waals surface area contributed by atoms with Gasteiger partial charge in [0.05, 0.1) is 12.7 Å². The van der Waals surface area contributed by atoms with E-state index in [1.165, 1.54) is 29.6 Å². The van der Waals surface area contributed by atoms with Crippen molar-refractivity contribution in [1.82, 2.24) is 24.0 Å². The van der Waals surface area contributed by atoms with Crippen LogP contribution in [-0.4, -0.2) is 42.7 Å². The highest BCUT2D eigenvalue weighted by atomic mass is 16.5. The number of imide groups is 1. The predicted molar refractivity (Wildman–Crippen MR) is 97.3 cm³/mol. The lowest BCUT2D eigenvalue weighted by molar-refractivity contribution is -0.158. The molecular weight excluding hydrogens is 372 g/mol. The van der Waals surface area contributed by atoms with Gasteiger partial charge in [0, 0.05) is 20.6 Å². The lowest BCUT2D eigenvalue weighted by Crippen LogP contribution is -2.45. The van der Waals surface area contributed by atoms with Gasteiger partial charge in [0.15, 0.2) is 17.3 Å². The monoisotopic (exact) mass is 394 g/mol. The van der Waals surface area contributed by atoms with Gasteiger partial charge in [-0.3, -0.25) is 28.8 Å². The molecule has 0 saturated heterocycles. The predicted octanol–water partition coefficient (Wildman–Crippen LogP) is -1.41. The summed E-state index contributed by atoms with van der Waals surface area (Å²) in [5, 5.41) is 1.88. The number of carbonyl (C=O) groups is 3. The van der Waals surface area contributed by atoms with Crippen LogP contribution in [0.5, 0.6) is 0 Å². The summed E-state index contributed by atoms with van der Waals surface area (Å²) >= 11 is 0. The maximum Gasteiger partial charge on any atom is 0.332 e. The van der Waals surface area contributed by atoms with Crippen molar-refractivity contribution in [2.45, 2.75) is 32.9 Å². The molecule has 3 N–H and O–H groups in total. The molecule has 12 nitrogen and oxygen atoms in total. The number of aryl methyl sites for hydroxylation is 2. The van der Waals surface area contributed by atoms with Crippen molar-refractivity contribution in [3.63, 3.8) is 0 Å². The van der Waals surface area contributed by atoms with Crippen molar-refractivity contribution in [1.29, 1.82) is 0 Å². The van der Waals surface area contributed by atoms with Crippen LogP contribution in [0.15, 0.2) is 15.9 Å². The molecule has 1 atom stereocenters. The van der Waals surface area contributed by atoms with Gasteiger partial charge in [-0.1, -0.05) is 13.8 Å². The van der Waals surface area contributed by atoms with Gasteiger partial charge in [0.1, 0.15) is 0 Å². The highest BCUT2D eigenvalue weighted by molar-refractivity contribution is 5.96. The number of hydrogen-bond donors (Lipinski definition) is 2. The Morgan fingerprint density at radius 1 is 1.21 bits per heavy atom. The van der Waals surface area contributed by atoms with Gasteiger partial charge in [-0.25, -0.2) is 14.6 Å². The van der Waals surface area contributed by atoms with Crippen molar-refractivity contribution in [2.75, 3.05) is 0 Å². The average molecular weight is 394 g/mol. The normalized spacial score (nSPS) is 12.2. The van der Waals surface area contributed by atoms with Gasteiger partial charge in [0.2, 0.25) is 0 Å². The fraction of sp³-hybridized carbons (Fsp3) is 0.500. The number of ether oxygens (including phenoxy) is 1. The summed E-state index contributed by atoms with van der Waals surface area (Å²) in [6.07, 6.45) is -0.00326. The topological polar surface area (TPSA) is 160 Å². The number of imidazole rings is 1. The summed E-state index contributed by atoms with van der Waals surface area (Å²) in [5.74, 6) is -1.91. The van der Waals surface area contributed by atoms with Gasteiger partial charge in [-0.05, 0) is 5.92 Å². The lowest BCUT2D eigenvalue weighted by atomic mass is 10.1. The van der Waals surface area contributed by atoms with Crippen molar-refractivity contribution in [3.8, 4) is 0 Å². The van der Waals surface area contributed by atoms with E-state index in [1.54, 1.807) is 13.8 Å². The first-order chi connectivity index (χ1) is 13.0. The van der Waals surface area contributed by atoms with E-state index in [0.29, 0.717) is 0 Å². The Kier molecular flexibility index (Phi) is 6.01. The Bertz CT molecular complexity index is 1050. The average Bonchev–Trinajstić information content (AvgIpc) is 3.04. The highest BCUT2D eigenvalue weighted by Gasteiger charge is 2.27. The number of nitrogens with one attached hydrogen (secondary N) is 1. The number of nitrogens with two attached hydrogens (primary N) is 1. The number of esters is 1. The maximum absolute atomic E-state index is 12.4. The zero-order valence-electron chi connectivity index (χ0n) is 16.0. The van der Waals surface area contributed by atoms with Crippen LogP contribution in [-0.2, 0) is 35.0 Å². The zero-order chi connectivity index (χ0) is 21.2. The van der Waals surface area contributed by atoms with Crippen molar-refractivity contribution < 1.29 is 19.1 Å². The van der Waals surface area contributed by atoms with Crippen LogP contribution in [0.4, 0.5) is 4.79 Å². The third kappa shape index (κ3) is 4.10. The first-order valence-corrected chi connectivity index (χ1v) is 8.45. The molecule has 0 fully saturated rings. The molecule has 0 bridgehead atoms. The van der Waals surface area contributed by atoms with E-state index in [2.05, 4.69) is 4.98 Å². The molecular formula is C16H22N6O6. The minimum absolute atomic E-state index is 0.0467. The van der Waals surface area contributed by atoms with E-state index in [9.17, 15) is 24.0 Å². The summed E-state index contributed by atoms with van der Waals surface area (Å²) in [7, 11) is 2.83. The number of rotatable bonds is 6. The number of amides is 3. The molecule has 0 spiro atoms. The third-order valence-electron chi connectivity index (χ3n) is 4.14. The first kappa shape index (κ1) is 20.9. The standard InChI is InChI=1S/C16H22N6O6/c1-8(2)11(13(24)19-15(17)26)28-9(23)5-6-22-7-18-12-10(22)14(25)21(4)16(27)20(12)3/h7-8,11H,5-6H2,1-4H3,(H3,17,19,24,26). The Balaban J connectivity index is 2.17. The fourth-order valence-corrected chi connectivity index (χ4v) is 2.66. The lowest BCUT2D eigenvalue weighted by Gasteiger charge is -2.19. The number of fused-ring (bicyclic) bond motifs is 1. The second-order valence-corrected chi connectivity index (χ2v) is 6.57. The van der Waals surface area contributed by atoms with Crippen molar-refractivity contribution in [3.05, 3.63) is 27.2 Å². The molecule has 3 amide bonds. The van der Waals surface area contributed by atoms with Crippen LogP contribution in [0.1, 0.15) is 20.3 Å². The second kappa shape index (κ2) is 8.06. The molecule has 2 aromatic rings. The molecule has 12 heteroatoms. The molecule has 0 aliphatic heterocycles. The zero-order valence-corrected chi connectivity index (χ0v) is 16.0. The van der Waals surface area contributed by atoms with Gasteiger partial charge in [-0.2, -0.15) is 0 Å². The minimum Gasteiger partial charge on any atom is -0.452 e. The molecule has 0 radical (unpaired) electrons. The van der Waals surface area contributed by atoms with Crippen LogP contribution in [0.3, 0.4) is 0 Å². The molecule has 0 aliphatic carbocycles. The highest BCUT2D eigenvalue weighted by Crippen LogP contribution is 2.10. The summed E-state index contributed by atoms with van der Waals surface area (Å²) in [6.45, 7) is 3.34. The number of hydrogen-bond acceptors (Lipinski definition) is 7. The van der Waals surface area contributed by atoms with E-state index in [0.717, 1.165) is 4.57 Å². The van der Waals surface area contributed by atoms with Gasteiger partial charge >= 0.3 is 17.7 Å². The smallest absolute Gasteiger partial charge is 0.332 e. The van der Waals surface area contributed by atoms with Gasteiger partial charge < -0.3 is 15.0 Å². The molecule has 2 aromatic heterocycles. The quantitative estimate of drug-likeness (QED) is 0.569. The number of carbonyl (C=O) groups excluding carboxylic acids is 3. The molecule has 0 saturated carbocycles. The van der Waals surface area contributed by atoms with Crippen LogP contribution >= 0.6 is 0 Å². The van der Waals surface area contributed by atoms with Gasteiger partial charge in [-0.15, -0.1) is 0 Å². The number of urea groups is 1. The van der Waals surface area contributed by atoms with E-state index < -0.39 is 35.3 Å². The number of primary amides is 1. The molecule has 2 rings (SSSR count). The van der Waals surface area contributed by atoms with E-state index in [-0.39, 0.29) is 30.0 Å². The van der Waals surface area contributed by atoms with Crippen LogP contribution in [0, 0.1) is 5.92 Å². The molecule has 1 unspecified atom stereocenters. The molecule has 152 valence electrons. The fourth-order valence-electron chi connectivity index (χ4n) is 2.66. The SMILES string of the molecule is CC(C)C(OC(=O)CCn1cnc2c1c(=O)n(C)c(=O)n2C)C(=O)NC(N)=O. The molecule has 0 aromatic carbocycles. The van der Waals surface area contributed by atoms with Crippen LogP contribution < -0.4 is 22.3 Å². The third-order valence-corrected chi connectivity index (χ3v) is 4.14.